The maximum absolute atomic E-state index is 5.81. The molecule has 4 N–H and O–H groups in total. The van der Waals surface area contributed by atoms with E-state index in [-0.39, 0.29) is 0 Å². The fourth-order valence-electron chi connectivity index (χ4n) is 1.07. The van der Waals surface area contributed by atoms with Gasteiger partial charge >= 0.3 is 0 Å². The highest BCUT2D eigenvalue weighted by Crippen LogP contribution is 2.23. The number of hydrogen-bond acceptors (Lipinski definition) is 4. The molecule has 0 aromatic carbocycles. The number of rotatable bonds is 2. The Labute approximate surface area is 71.8 Å². The molecule has 0 fully saturated rings. The minimum absolute atomic E-state index is 0.475. The van der Waals surface area contributed by atoms with Gasteiger partial charge in [0.05, 0.1) is 19.2 Å². The van der Waals surface area contributed by atoms with E-state index in [1.807, 2.05) is 0 Å². The average molecular weight is 170 g/mol. The van der Waals surface area contributed by atoms with Crippen LogP contribution >= 0.6 is 0 Å². The van der Waals surface area contributed by atoms with Gasteiger partial charge < -0.3 is 15.2 Å². The van der Waals surface area contributed by atoms with Crippen LogP contribution < -0.4 is 11.5 Å². The lowest BCUT2D eigenvalue weighted by atomic mass is 10.0. The van der Waals surface area contributed by atoms with E-state index in [4.69, 9.17) is 20.9 Å². The minimum atomic E-state index is -0.770. The highest BCUT2D eigenvalue weighted by Gasteiger charge is 2.27. The first-order valence-corrected chi connectivity index (χ1v) is 3.67. The van der Waals surface area contributed by atoms with Crippen molar-refractivity contribution >= 4 is 0 Å². The number of allylic oxidation sites excluding steroid dienone is 1. The van der Waals surface area contributed by atoms with E-state index in [2.05, 4.69) is 0 Å². The molecule has 0 bridgehead atoms. The van der Waals surface area contributed by atoms with Gasteiger partial charge in [0, 0.05) is 7.11 Å². The van der Waals surface area contributed by atoms with Crippen molar-refractivity contribution in [3.05, 3.63) is 23.6 Å². The van der Waals surface area contributed by atoms with E-state index < -0.39 is 5.72 Å². The molecule has 0 radical (unpaired) electrons. The van der Waals surface area contributed by atoms with Gasteiger partial charge in [-0.25, -0.2) is 0 Å². The lowest BCUT2D eigenvalue weighted by Crippen LogP contribution is -2.42. The summed E-state index contributed by atoms with van der Waals surface area (Å²) in [6.45, 7) is 0. The zero-order valence-electron chi connectivity index (χ0n) is 7.33. The fourth-order valence-corrected chi connectivity index (χ4v) is 1.07. The molecule has 0 spiro atoms. The fraction of sp³-hybridized carbons (Fsp3) is 0.500. The number of nitrogens with two attached hydrogens (primary N) is 2. The summed E-state index contributed by atoms with van der Waals surface area (Å²) in [7, 11) is 3.12. The van der Waals surface area contributed by atoms with Crippen molar-refractivity contribution in [2.24, 2.45) is 11.5 Å². The SMILES string of the molecule is COC1=C(N)C=CC(N)(OC)C1. The Morgan fingerprint density at radius 1 is 1.50 bits per heavy atom. The molecule has 0 aliphatic heterocycles. The van der Waals surface area contributed by atoms with Gasteiger partial charge in [0.15, 0.2) is 0 Å². The first-order valence-electron chi connectivity index (χ1n) is 3.67. The maximum atomic E-state index is 5.81. The van der Waals surface area contributed by atoms with Crippen molar-refractivity contribution in [2.75, 3.05) is 14.2 Å². The molecule has 0 heterocycles. The van der Waals surface area contributed by atoms with Crippen molar-refractivity contribution in [3.63, 3.8) is 0 Å². The van der Waals surface area contributed by atoms with Gasteiger partial charge in [-0.2, -0.15) is 0 Å². The summed E-state index contributed by atoms with van der Waals surface area (Å²) in [5.41, 5.74) is 11.3. The summed E-state index contributed by atoms with van der Waals surface area (Å²) in [6, 6.07) is 0. The summed E-state index contributed by atoms with van der Waals surface area (Å²) in [4.78, 5) is 0. The van der Waals surface area contributed by atoms with E-state index in [1.165, 1.54) is 0 Å². The molecule has 1 rings (SSSR count). The molecule has 4 nitrogen and oxygen atoms in total. The third kappa shape index (κ3) is 1.60. The van der Waals surface area contributed by atoms with Crippen LogP contribution in [-0.4, -0.2) is 19.9 Å². The Kier molecular flexibility index (Phi) is 2.40. The molecule has 12 heavy (non-hydrogen) atoms. The second-order valence-electron chi connectivity index (χ2n) is 2.75. The summed E-state index contributed by atoms with van der Waals surface area (Å²) in [6.07, 6.45) is 3.90. The first kappa shape index (κ1) is 9.09. The van der Waals surface area contributed by atoms with Crippen LogP contribution in [0.5, 0.6) is 0 Å². The van der Waals surface area contributed by atoms with Crippen molar-refractivity contribution in [1.29, 1.82) is 0 Å². The quantitative estimate of drug-likeness (QED) is 0.575. The maximum Gasteiger partial charge on any atom is 0.143 e. The molecule has 1 aliphatic carbocycles. The molecule has 1 unspecified atom stereocenters. The van der Waals surface area contributed by atoms with Crippen LogP contribution in [0.4, 0.5) is 0 Å². The largest absolute Gasteiger partial charge is 0.499 e. The number of hydrogen-bond donors (Lipinski definition) is 2. The molecule has 0 amide bonds. The predicted molar refractivity (Wildman–Crippen MR) is 45.9 cm³/mol. The zero-order valence-corrected chi connectivity index (χ0v) is 7.33. The van der Waals surface area contributed by atoms with Gasteiger partial charge in [-0.15, -0.1) is 0 Å². The van der Waals surface area contributed by atoms with Crippen molar-refractivity contribution in [1.82, 2.24) is 0 Å². The van der Waals surface area contributed by atoms with Crippen LogP contribution in [-0.2, 0) is 9.47 Å². The monoisotopic (exact) mass is 170 g/mol. The lowest BCUT2D eigenvalue weighted by Gasteiger charge is -2.28. The normalized spacial score (nSPS) is 29.2. The van der Waals surface area contributed by atoms with Crippen molar-refractivity contribution < 1.29 is 9.47 Å². The molecule has 0 aromatic rings. The standard InChI is InChI=1S/C8H14N2O2/c1-11-7-5-8(10,12-2)4-3-6(7)9/h3-4H,5,9-10H2,1-2H3. The van der Waals surface area contributed by atoms with Gasteiger partial charge in [-0.05, 0) is 12.2 Å². The van der Waals surface area contributed by atoms with Crippen LogP contribution in [0.15, 0.2) is 23.6 Å². The van der Waals surface area contributed by atoms with Crippen LogP contribution in [0.2, 0.25) is 0 Å². The molecule has 1 atom stereocenters. The van der Waals surface area contributed by atoms with Gasteiger partial charge in [-0.3, -0.25) is 5.73 Å². The third-order valence-corrected chi connectivity index (χ3v) is 1.93. The van der Waals surface area contributed by atoms with E-state index in [9.17, 15) is 0 Å². The Balaban J connectivity index is 2.83. The third-order valence-electron chi connectivity index (χ3n) is 1.93. The summed E-state index contributed by atoms with van der Waals surface area (Å²) < 4.78 is 10.1. The van der Waals surface area contributed by atoms with Gasteiger partial charge in [0.1, 0.15) is 11.5 Å². The highest BCUT2D eigenvalue weighted by atomic mass is 16.5. The average Bonchev–Trinajstić information content (AvgIpc) is 2.10. The Morgan fingerprint density at radius 3 is 2.67 bits per heavy atom. The Bertz CT molecular complexity index is 235. The number of ether oxygens (including phenoxy) is 2. The first-order chi connectivity index (χ1) is 5.61. The van der Waals surface area contributed by atoms with E-state index >= 15 is 0 Å². The number of methoxy groups -OCH3 is 2. The summed E-state index contributed by atoms with van der Waals surface area (Å²) in [5.74, 6) is 0.668. The second-order valence-corrected chi connectivity index (χ2v) is 2.75. The van der Waals surface area contributed by atoms with Crippen LogP contribution in [0.25, 0.3) is 0 Å². The minimum Gasteiger partial charge on any atom is -0.499 e. The predicted octanol–water partition coefficient (Wildman–Crippen LogP) is 0.0644. The molecule has 0 saturated carbocycles. The molecule has 0 saturated heterocycles. The second kappa shape index (κ2) is 3.16. The topological polar surface area (TPSA) is 70.5 Å². The zero-order chi connectivity index (χ0) is 9.19. The molecule has 0 aromatic heterocycles. The van der Waals surface area contributed by atoms with Gasteiger partial charge in [-0.1, -0.05) is 0 Å². The van der Waals surface area contributed by atoms with Crippen LogP contribution in [0.1, 0.15) is 6.42 Å². The highest BCUT2D eigenvalue weighted by molar-refractivity contribution is 5.28. The van der Waals surface area contributed by atoms with Crippen LogP contribution in [0.3, 0.4) is 0 Å². The summed E-state index contributed by atoms with van der Waals surface area (Å²) >= 11 is 0. The molecular weight excluding hydrogens is 156 g/mol. The lowest BCUT2D eigenvalue weighted by molar-refractivity contribution is 0.0244. The van der Waals surface area contributed by atoms with Gasteiger partial charge in [0.2, 0.25) is 0 Å². The Hall–Kier alpha value is -1.00. The van der Waals surface area contributed by atoms with Crippen LogP contribution in [0, 0.1) is 0 Å². The van der Waals surface area contributed by atoms with E-state index in [0.717, 1.165) is 0 Å². The van der Waals surface area contributed by atoms with Crippen molar-refractivity contribution in [2.45, 2.75) is 12.1 Å². The Morgan fingerprint density at radius 2 is 2.17 bits per heavy atom. The van der Waals surface area contributed by atoms with Gasteiger partial charge in [0.25, 0.3) is 0 Å². The van der Waals surface area contributed by atoms with E-state index in [1.54, 1.807) is 26.4 Å². The van der Waals surface area contributed by atoms with Crippen molar-refractivity contribution in [3.8, 4) is 0 Å². The molecular formula is C8H14N2O2. The molecule has 4 heteroatoms. The van der Waals surface area contributed by atoms with E-state index in [0.29, 0.717) is 17.9 Å². The summed E-state index contributed by atoms with van der Waals surface area (Å²) in [5, 5.41) is 0. The smallest absolute Gasteiger partial charge is 0.143 e. The molecule has 68 valence electrons. The molecule has 1 aliphatic rings.